The Morgan fingerprint density at radius 2 is 1.63 bits per heavy atom. The number of hydrogen-bond acceptors (Lipinski definition) is 1. The van der Waals surface area contributed by atoms with E-state index in [1.165, 1.54) is 18.1 Å². The highest BCUT2D eigenvalue weighted by molar-refractivity contribution is 7.72. The summed E-state index contributed by atoms with van der Waals surface area (Å²) in [4.78, 5) is 0. The second-order valence-corrected chi connectivity index (χ2v) is 10.8. The van der Waals surface area contributed by atoms with Crippen LogP contribution in [0.2, 0.25) is 0 Å². The Morgan fingerprint density at radius 3 is 2.42 bits per heavy atom. The van der Waals surface area contributed by atoms with Gasteiger partial charge in [-0.1, -0.05) is 30.3 Å². The minimum atomic E-state index is -2.09. The molecule has 0 radical (unpaired) electrons. The second kappa shape index (κ2) is 2.89. The van der Waals surface area contributed by atoms with Gasteiger partial charge in [-0.2, -0.15) is 0 Å². The SMILES string of the molecule is O=P1(c2ccccc2)CCC2C3C4CC5C3C5C4C21. The molecule has 1 aromatic carbocycles. The minimum Gasteiger partial charge on any atom is -0.318 e. The van der Waals surface area contributed by atoms with Crippen molar-refractivity contribution in [3.8, 4) is 0 Å². The lowest BCUT2D eigenvalue weighted by atomic mass is 9.86. The maximum atomic E-state index is 13.7. The van der Waals surface area contributed by atoms with Gasteiger partial charge in [-0.25, -0.2) is 0 Å². The Kier molecular flexibility index (Phi) is 1.55. The van der Waals surface area contributed by atoms with E-state index in [0.717, 1.165) is 47.6 Å². The van der Waals surface area contributed by atoms with Crippen molar-refractivity contribution >= 4 is 12.4 Å². The first kappa shape index (κ1) is 10.2. The Balaban J connectivity index is 1.51. The van der Waals surface area contributed by atoms with Gasteiger partial charge in [0, 0.05) is 17.1 Å². The molecule has 6 bridgehead atoms. The quantitative estimate of drug-likeness (QED) is 0.716. The summed E-state index contributed by atoms with van der Waals surface area (Å²) < 4.78 is 13.7. The lowest BCUT2D eigenvalue weighted by Crippen LogP contribution is -2.27. The molecule has 5 aliphatic carbocycles. The molecule has 1 aliphatic heterocycles. The average Bonchev–Trinajstić information content (AvgIpc) is 2.91. The summed E-state index contributed by atoms with van der Waals surface area (Å²) in [5.74, 6) is 6.91. The molecule has 9 unspecified atom stereocenters. The minimum absolute atomic E-state index is 0.596. The van der Waals surface area contributed by atoms with Gasteiger partial charge in [0.15, 0.2) is 0 Å². The van der Waals surface area contributed by atoms with Crippen LogP contribution in [0.4, 0.5) is 0 Å². The fraction of sp³-hybridized carbons (Fsp3) is 0.647. The molecule has 0 spiro atoms. The molecule has 1 saturated heterocycles. The van der Waals surface area contributed by atoms with Crippen molar-refractivity contribution in [2.75, 3.05) is 6.16 Å². The van der Waals surface area contributed by atoms with Crippen molar-refractivity contribution in [1.29, 1.82) is 0 Å². The molecule has 6 fully saturated rings. The summed E-state index contributed by atoms with van der Waals surface area (Å²) >= 11 is 0. The van der Waals surface area contributed by atoms with Crippen molar-refractivity contribution in [2.24, 2.45) is 41.4 Å². The third-order valence-corrected chi connectivity index (χ3v) is 11.3. The van der Waals surface area contributed by atoms with Gasteiger partial charge in [-0.15, -0.1) is 0 Å². The van der Waals surface area contributed by atoms with E-state index < -0.39 is 7.14 Å². The van der Waals surface area contributed by atoms with Crippen LogP contribution in [0.25, 0.3) is 0 Å². The predicted molar refractivity (Wildman–Crippen MR) is 76.0 cm³/mol. The van der Waals surface area contributed by atoms with Gasteiger partial charge in [0.1, 0.15) is 7.14 Å². The van der Waals surface area contributed by atoms with Crippen LogP contribution in [-0.2, 0) is 4.57 Å². The summed E-state index contributed by atoms with van der Waals surface area (Å²) in [5, 5.41) is 1.20. The van der Waals surface area contributed by atoms with E-state index in [4.69, 9.17) is 0 Å². The van der Waals surface area contributed by atoms with Crippen molar-refractivity contribution in [2.45, 2.75) is 18.5 Å². The zero-order chi connectivity index (χ0) is 12.4. The zero-order valence-corrected chi connectivity index (χ0v) is 11.9. The maximum absolute atomic E-state index is 13.7. The Bertz CT molecular complexity index is 623. The van der Waals surface area contributed by atoms with Crippen molar-refractivity contribution < 1.29 is 4.57 Å². The van der Waals surface area contributed by atoms with Gasteiger partial charge in [0.25, 0.3) is 0 Å². The van der Waals surface area contributed by atoms with Gasteiger partial charge >= 0.3 is 0 Å². The highest BCUT2D eigenvalue weighted by atomic mass is 31.2. The van der Waals surface area contributed by atoms with Crippen LogP contribution in [0.5, 0.6) is 0 Å². The third-order valence-electron chi connectivity index (χ3n) is 7.51. The first-order chi connectivity index (χ1) is 9.31. The van der Waals surface area contributed by atoms with Crippen LogP contribution in [0, 0.1) is 41.4 Å². The second-order valence-electron chi connectivity index (χ2n) is 7.67. The van der Waals surface area contributed by atoms with Gasteiger partial charge in [0.2, 0.25) is 0 Å². The van der Waals surface area contributed by atoms with E-state index in [1.54, 1.807) is 0 Å². The summed E-state index contributed by atoms with van der Waals surface area (Å²) in [6, 6.07) is 10.5. The molecular formula is C17H19OP. The van der Waals surface area contributed by atoms with Gasteiger partial charge in [0.05, 0.1) is 0 Å². The molecule has 1 aromatic rings. The largest absolute Gasteiger partial charge is 0.318 e. The van der Waals surface area contributed by atoms with E-state index in [1.807, 2.05) is 0 Å². The first-order valence-corrected chi connectivity index (χ1v) is 9.91. The number of fused-ring (bicyclic) bond motifs is 1. The fourth-order valence-corrected chi connectivity index (χ4v) is 11.5. The molecule has 1 heterocycles. The van der Waals surface area contributed by atoms with Crippen LogP contribution >= 0.6 is 7.14 Å². The van der Waals surface area contributed by atoms with Crippen molar-refractivity contribution in [3.05, 3.63) is 30.3 Å². The molecule has 5 saturated carbocycles. The smallest absolute Gasteiger partial charge is 0.119 e. The van der Waals surface area contributed by atoms with Gasteiger partial charge in [-0.05, 0) is 54.3 Å². The molecule has 0 N–H and O–H groups in total. The average molecular weight is 270 g/mol. The molecular weight excluding hydrogens is 251 g/mol. The lowest BCUT2D eigenvalue weighted by Gasteiger charge is -2.29. The Labute approximate surface area is 114 Å². The molecule has 1 nitrogen and oxygen atoms in total. The molecule has 9 atom stereocenters. The van der Waals surface area contributed by atoms with Crippen molar-refractivity contribution in [1.82, 2.24) is 0 Å². The fourth-order valence-electron chi connectivity index (χ4n) is 7.30. The van der Waals surface area contributed by atoms with Crippen LogP contribution in [-0.4, -0.2) is 11.8 Å². The van der Waals surface area contributed by atoms with E-state index in [0.29, 0.717) is 5.66 Å². The Morgan fingerprint density at radius 1 is 0.895 bits per heavy atom. The Hall–Kier alpha value is -0.550. The highest BCUT2D eigenvalue weighted by Gasteiger charge is 2.82. The molecule has 0 aromatic heterocycles. The number of benzene rings is 1. The lowest BCUT2D eigenvalue weighted by molar-refractivity contribution is 0.319. The molecule has 6 aliphatic rings. The van der Waals surface area contributed by atoms with Crippen LogP contribution in [0.3, 0.4) is 0 Å². The molecule has 7 rings (SSSR count). The molecule has 2 heteroatoms. The third kappa shape index (κ3) is 0.916. The predicted octanol–water partition coefficient (Wildman–Crippen LogP) is 3.21. The van der Waals surface area contributed by atoms with E-state index in [9.17, 15) is 4.57 Å². The van der Waals surface area contributed by atoms with Crippen LogP contribution in [0.1, 0.15) is 12.8 Å². The summed E-state index contributed by atoms with van der Waals surface area (Å²) in [6.07, 6.45) is 3.78. The normalized spacial score (nSPS) is 62.5. The summed E-state index contributed by atoms with van der Waals surface area (Å²) in [6.45, 7) is 0. The summed E-state index contributed by atoms with van der Waals surface area (Å²) in [7, 11) is -2.09. The van der Waals surface area contributed by atoms with Crippen LogP contribution in [0.15, 0.2) is 30.3 Å². The zero-order valence-electron chi connectivity index (χ0n) is 11.0. The van der Waals surface area contributed by atoms with E-state index in [-0.39, 0.29) is 0 Å². The van der Waals surface area contributed by atoms with Gasteiger partial charge < -0.3 is 4.57 Å². The topological polar surface area (TPSA) is 17.1 Å². The number of rotatable bonds is 1. The highest BCUT2D eigenvalue weighted by Crippen LogP contribution is 2.88. The molecule has 98 valence electrons. The van der Waals surface area contributed by atoms with Crippen molar-refractivity contribution in [3.63, 3.8) is 0 Å². The number of hydrogen-bond donors (Lipinski definition) is 0. The summed E-state index contributed by atoms with van der Waals surface area (Å²) in [5.41, 5.74) is 0.596. The monoisotopic (exact) mass is 270 g/mol. The molecule has 19 heavy (non-hydrogen) atoms. The van der Waals surface area contributed by atoms with Crippen LogP contribution < -0.4 is 5.30 Å². The van der Waals surface area contributed by atoms with E-state index >= 15 is 0 Å². The maximum Gasteiger partial charge on any atom is 0.119 e. The molecule has 0 amide bonds. The first-order valence-electron chi connectivity index (χ1n) is 7.95. The standard InChI is InChI=1S/C17H19OP/c18-19(9-4-2-1-3-5-9)7-6-10-13-11-8-12-14(13)15(12)16(11)17(10)19/h1-5,10-17H,6-8H2. The van der Waals surface area contributed by atoms with E-state index in [2.05, 4.69) is 30.3 Å². The van der Waals surface area contributed by atoms with Gasteiger partial charge in [-0.3, -0.25) is 0 Å².